The molecular formula is C13H17ClN2O2S. The van der Waals surface area contributed by atoms with Crippen LogP contribution in [0.2, 0.25) is 0 Å². The summed E-state index contributed by atoms with van der Waals surface area (Å²) in [5.41, 5.74) is 0.0209. The molecule has 0 saturated heterocycles. The lowest BCUT2D eigenvalue weighted by Gasteiger charge is -2.21. The van der Waals surface area contributed by atoms with Gasteiger partial charge in [-0.3, -0.25) is 4.79 Å². The molecule has 19 heavy (non-hydrogen) atoms. The van der Waals surface area contributed by atoms with Crippen LogP contribution in [-0.4, -0.2) is 24.0 Å². The molecule has 1 aromatic carbocycles. The smallest absolute Gasteiger partial charge is 0.232 e. The van der Waals surface area contributed by atoms with E-state index >= 15 is 0 Å². The number of methoxy groups -OCH3 is 1. The monoisotopic (exact) mass is 300 g/mol. The van der Waals surface area contributed by atoms with E-state index in [2.05, 4.69) is 10.6 Å². The first-order valence-electron chi connectivity index (χ1n) is 5.72. The zero-order valence-corrected chi connectivity index (χ0v) is 12.7. The highest BCUT2D eigenvalue weighted by atomic mass is 35.5. The van der Waals surface area contributed by atoms with Crippen molar-refractivity contribution < 1.29 is 9.53 Å². The van der Waals surface area contributed by atoms with Crippen LogP contribution in [0.25, 0.3) is 0 Å². The molecule has 2 N–H and O–H groups in total. The van der Waals surface area contributed by atoms with Crippen molar-refractivity contribution in [3.8, 4) is 5.75 Å². The lowest BCUT2D eigenvalue weighted by Crippen LogP contribution is -2.43. The molecule has 0 aliphatic rings. The third kappa shape index (κ3) is 4.36. The van der Waals surface area contributed by atoms with Crippen LogP contribution in [0.3, 0.4) is 0 Å². The van der Waals surface area contributed by atoms with E-state index in [0.717, 1.165) is 0 Å². The van der Waals surface area contributed by atoms with E-state index < -0.39 is 5.41 Å². The molecule has 0 saturated carbocycles. The van der Waals surface area contributed by atoms with Gasteiger partial charge in [0.15, 0.2) is 5.11 Å². The van der Waals surface area contributed by atoms with Gasteiger partial charge in [-0.25, -0.2) is 0 Å². The van der Waals surface area contributed by atoms with Crippen LogP contribution in [-0.2, 0) is 4.79 Å². The number of rotatable bonds is 4. The number of anilines is 1. The summed E-state index contributed by atoms with van der Waals surface area (Å²) in [6.45, 7) is 3.50. The van der Waals surface area contributed by atoms with Crippen LogP contribution in [0, 0.1) is 5.41 Å². The molecule has 0 aromatic heterocycles. The molecule has 0 bridgehead atoms. The van der Waals surface area contributed by atoms with Crippen molar-refractivity contribution in [1.29, 1.82) is 0 Å². The van der Waals surface area contributed by atoms with Crippen LogP contribution in [0.1, 0.15) is 13.8 Å². The molecule has 1 rings (SSSR count). The molecule has 4 nitrogen and oxygen atoms in total. The number of alkyl halides is 1. The Kier molecular flexibility index (Phi) is 5.57. The van der Waals surface area contributed by atoms with Crippen LogP contribution in [0.5, 0.6) is 5.75 Å². The highest BCUT2D eigenvalue weighted by molar-refractivity contribution is 7.80. The summed E-state index contributed by atoms with van der Waals surface area (Å²) in [5, 5.41) is 5.75. The van der Waals surface area contributed by atoms with Gasteiger partial charge < -0.3 is 15.4 Å². The molecule has 104 valence electrons. The average molecular weight is 301 g/mol. The van der Waals surface area contributed by atoms with Crippen LogP contribution in [0.4, 0.5) is 5.69 Å². The maximum absolute atomic E-state index is 11.9. The summed E-state index contributed by atoms with van der Waals surface area (Å²) < 4.78 is 5.18. The van der Waals surface area contributed by atoms with Gasteiger partial charge in [-0.1, -0.05) is 12.1 Å². The molecule has 0 radical (unpaired) electrons. The first-order valence-corrected chi connectivity index (χ1v) is 6.66. The Labute approximate surface area is 123 Å². The van der Waals surface area contributed by atoms with E-state index in [1.54, 1.807) is 27.0 Å². The van der Waals surface area contributed by atoms with Gasteiger partial charge in [-0.15, -0.1) is 11.6 Å². The summed E-state index contributed by atoms with van der Waals surface area (Å²) in [6, 6.07) is 7.31. The maximum atomic E-state index is 11.9. The quantitative estimate of drug-likeness (QED) is 0.663. The number of halogens is 1. The Morgan fingerprint density at radius 3 is 2.63 bits per heavy atom. The van der Waals surface area contributed by atoms with Gasteiger partial charge >= 0.3 is 0 Å². The summed E-state index contributed by atoms with van der Waals surface area (Å²) in [4.78, 5) is 11.9. The normalized spacial score (nSPS) is 10.7. The minimum Gasteiger partial charge on any atom is -0.495 e. The average Bonchev–Trinajstić information content (AvgIpc) is 2.39. The number of hydrogen-bond acceptors (Lipinski definition) is 3. The van der Waals surface area contributed by atoms with Crippen LogP contribution in [0.15, 0.2) is 24.3 Å². The van der Waals surface area contributed by atoms with Crippen molar-refractivity contribution in [1.82, 2.24) is 5.32 Å². The van der Waals surface area contributed by atoms with Crippen molar-refractivity contribution in [2.75, 3.05) is 18.3 Å². The summed E-state index contributed by atoms with van der Waals surface area (Å²) >= 11 is 10.8. The number of hydrogen-bond donors (Lipinski definition) is 2. The van der Waals surface area contributed by atoms with Crippen molar-refractivity contribution in [2.24, 2.45) is 5.41 Å². The number of ether oxygens (including phenoxy) is 1. The first kappa shape index (κ1) is 15.7. The standard InChI is InChI=1S/C13H17ClN2O2S/c1-13(2,8-14)11(17)16-12(19)15-9-6-4-5-7-10(9)18-3/h4-7H,8H2,1-3H3,(H2,15,16,17,19). The van der Waals surface area contributed by atoms with E-state index in [-0.39, 0.29) is 16.9 Å². The molecule has 0 unspecified atom stereocenters. The predicted molar refractivity (Wildman–Crippen MR) is 81.9 cm³/mol. The molecule has 0 fully saturated rings. The number of carbonyl (C=O) groups excluding carboxylic acids is 1. The van der Waals surface area contributed by atoms with Crippen LogP contribution >= 0.6 is 23.8 Å². The maximum Gasteiger partial charge on any atom is 0.232 e. The number of carbonyl (C=O) groups is 1. The zero-order chi connectivity index (χ0) is 14.5. The Morgan fingerprint density at radius 1 is 1.42 bits per heavy atom. The number of benzene rings is 1. The minimum atomic E-state index is -0.673. The fourth-order valence-electron chi connectivity index (χ4n) is 1.23. The Hall–Kier alpha value is -1.33. The van der Waals surface area contributed by atoms with Gasteiger partial charge in [0.05, 0.1) is 18.2 Å². The first-order chi connectivity index (χ1) is 8.90. The van der Waals surface area contributed by atoms with Gasteiger partial charge in [0.25, 0.3) is 0 Å². The molecule has 0 heterocycles. The second kappa shape index (κ2) is 6.73. The number of nitrogens with one attached hydrogen (secondary N) is 2. The molecule has 1 aromatic rings. The Bertz CT molecular complexity index is 477. The van der Waals surface area contributed by atoms with E-state index in [1.807, 2.05) is 18.2 Å². The number of amides is 1. The molecular weight excluding hydrogens is 284 g/mol. The SMILES string of the molecule is COc1ccccc1NC(=S)NC(=O)C(C)(C)CCl. The second-order valence-electron chi connectivity index (χ2n) is 4.63. The van der Waals surface area contributed by atoms with Crippen molar-refractivity contribution in [3.05, 3.63) is 24.3 Å². The van der Waals surface area contributed by atoms with Crippen molar-refractivity contribution >= 4 is 40.5 Å². The molecule has 0 aliphatic heterocycles. The predicted octanol–water partition coefficient (Wildman–Crippen LogP) is 2.77. The topological polar surface area (TPSA) is 50.4 Å². The van der Waals surface area contributed by atoms with E-state index in [0.29, 0.717) is 11.4 Å². The fourth-order valence-corrected chi connectivity index (χ4v) is 1.56. The second-order valence-corrected chi connectivity index (χ2v) is 5.30. The molecule has 0 spiro atoms. The third-order valence-electron chi connectivity index (χ3n) is 2.53. The molecule has 0 aliphatic carbocycles. The van der Waals surface area contributed by atoms with Gasteiger partial charge in [-0.2, -0.15) is 0 Å². The van der Waals surface area contributed by atoms with Gasteiger partial charge in [0.2, 0.25) is 5.91 Å². The van der Waals surface area contributed by atoms with Gasteiger partial charge in [0, 0.05) is 5.88 Å². The van der Waals surface area contributed by atoms with Gasteiger partial charge in [-0.05, 0) is 38.2 Å². The largest absolute Gasteiger partial charge is 0.495 e. The number of para-hydroxylation sites is 2. The highest BCUT2D eigenvalue weighted by Crippen LogP contribution is 2.23. The Morgan fingerprint density at radius 2 is 2.05 bits per heavy atom. The number of thiocarbonyl (C=S) groups is 1. The van der Waals surface area contributed by atoms with Crippen LogP contribution < -0.4 is 15.4 Å². The van der Waals surface area contributed by atoms with E-state index in [9.17, 15) is 4.79 Å². The summed E-state index contributed by atoms with van der Waals surface area (Å²) in [6.07, 6.45) is 0. The lowest BCUT2D eigenvalue weighted by molar-refractivity contribution is -0.126. The summed E-state index contributed by atoms with van der Waals surface area (Å²) in [7, 11) is 1.57. The highest BCUT2D eigenvalue weighted by Gasteiger charge is 2.27. The minimum absolute atomic E-state index is 0.215. The van der Waals surface area contributed by atoms with E-state index in [1.165, 1.54) is 0 Å². The van der Waals surface area contributed by atoms with E-state index in [4.69, 9.17) is 28.6 Å². The lowest BCUT2D eigenvalue weighted by atomic mass is 9.95. The third-order valence-corrected chi connectivity index (χ3v) is 3.40. The van der Waals surface area contributed by atoms with Crippen molar-refractivity contribution in [2.45, 2.75) is 13.8 Å². The van der Waals surface area contributed by atoms with Gasteiger partial charge in [0.1, 0.15) is 5.75 Å². The zero-order valence-electron chi connectivity index (χ0n) is 11.1. The Balaban J connectivity index is 2.68. The molecule has 1 amide bonds. The molecule has 6 heteroatoms. The fraction of sp³-hybridized carbons (Fsp3) is 0.385. The summed E-state index contributed by atoms with van der Waals surface area (Å²) in [5.74, 6) is 0.640. The molecule has 0 atom stereocenters. The van der Waals surface area contributed by atoms with Crippen molar-refractivity contribution in [3.63, 3.8) is 0 Å².